The van der Waals surface area contributed by atoms with Crippen LogP contribution in [0.25, 0.3) is 0 Å². The number of nitrogens with one attached hydrogen (secondary N) is 3. The van der Waals surface area contributed by atoms with Crippen LogP contribution in [0, 0.1) is 6.92 Å². The zero-order chi connectivity index (χ0) is 13.8. The summed E-state index contributed by atoms with van der Waals surface area (Å²) in [7, 11) is 0. The third-order valence-corrected chi connectivity index (χ3v) is 2.47. The molecule has 0 saturated heterocycles. The molecule has 0 aliphatic heterocycles. The number of aromatic amines is 2. The van der Waals surface area contributed by atoms with Gasteiger partial charge in [0.2, 0.25) is 0 Å². The van der Waals surface area contributed by atoms with Gasteiger partial charge in [-0.25, -0.2) is 9.79 Å². The fourth-order valence-electron chi connectivity index (χ4n) is 1.65. The van der Waals surface area contributed by atoms with E-state index >= 15 is 0 Å². The fraction of sp³-hybridized carbons (Fsp3) is 0.0833. The van der Waals surface area contributed by atoms with Crippen molar-refractivity contribution in [2.75, 3.05) is 0 Å². The largest absolute Gasteiger partial charge is 0.325 e. The Kier molecular flexibility index (Phi) is 3.58. The molecular formula is C12H12N4O3. The molecular weight excluding hydrogens is 248 g/mol. The molecule has 0 fully saturated rings. The van der Waals surface area contributed by atoms with E-state index in [0.29, 0.717) is 11.4 Å². The minimum atomic E-state index is -0.627. The van der Waals surface area contributed by atoms with E-state index in [-0.39, 0.29) is 11.4 Å². The summed E-state index contributed by atoms with van der Waals surface area (Å²) in [4.78, 5) is 31.5. The Bertz CT molecular complexity index is 716. The standard InChI is InChI=1S/C12H12N4O3/c1-7-9(11(17)15-12(18)13-7)10(16-19)14-8-5-3-2-4-6-8/h2-6,19H,1H3,(H,14,16)(H2,13,15,17,18). The molecule has 7 nitrogen and oxygen atoms in total. The fourth-order valence-corrected chi connectivity index (χ4v) is 1.65. The molecule has 98 valence electrons. The molecule has 4 N–H and O–H groups in total. The highest BCUT2D eigenvalue weighted by Crippen LogP contribution is 2.11. The second-order valence-electron chi connectivity index (χ2n) is 3.82. The summed E-state index contributed by atoms with van der Waals surface area (Å²) in [6.45, 7) is 1.55. The molecule has 0 unspecified atom stereocenters. The van der Waals surface area contributed by atoms with Crippen LogP contribution in [-0.4, -0.2) is 21.0 Å². The molecule has 0 atom stereocenters. The van der Waals surface area contributed by atoms with Crippen LogP contribution in [0.4, 0.5) is 5.69 Å². The highest BCUT2D eigenvalue weighted by molar-refractivity contribution is 6.00. The van der Waals surface area contributed by atoms with E-state index in [1.54, 1.807) is 31.2 Å². The van der Waals surface area contributed by atoms with Crippen LogP contribution in [0.1, 0.15) is 11.3 Å². The molecule has 0 spiro atoms. The van der Waals surface area contributed by atoms with Crippen LogP contribution in [0.5, 0.6) is 0 Å². The third-order valence-electron chi connectivity index (χ3n) is 2.47. The number of aromatic nitrogens is 2. The van der Waals surface area contributed by atoms with Crippen molar-refractivity contribution in [1.82, 2.24) is 15.4 Å². The van der Waals surface area contributed by atoms with E-state index in [2.05, 4.69) is 15.0 Å². The number of rotatable bonds is 2. The zero-order valence-electron chi connectivity index (χ0n) is 10.1. The lowest BCUT2D eigenvalue weighted by molar-refractivity contribution is 0.235. The molecule has 0 radical (unpaired) electrons. The van der Waals surface area contributed by atoms with Gasteiger partial charge >= 0.3 is 5.69 Å². The summed E-state index contributed by atoms with van der Waals surface area (Å²) in [5, 5.41) is 9.13. The zero-order valence-corrected chi connectivity index (χ0v) is 10.1. The number of aliphatic imine (C=N–C) groups is 1. The van der Waals surface area contributed by atoms with Gasteiger partial charge < -0.3 is 4.98 Å². The monoisotopic (exact) mass is 260 g/mol. The predicted octanol–water partition coefficient (Wildman–Crippen LogP) is 0.429. The van der Waals surface area contributed by atoms with Gasteiger partial charge in [-0.3, -0.25) is 20.5 Å². The van der Waals surface area contributed by atoms with Gasteiger partial charge in [0.1, 0.15) is 5.56 Å². The van der Waals surface area contributed by atoms with Crippen LogP contribution in [0.2, 0.25) is 0 Å². The average Bonchev–Trinajstić information content (AvgIpc) is 2.37. The van der Waals surface area contributed by atoms with Gasteiger partial charge in [0.25, 0.3) is 5.56 Å². The van der Waals surface area contributed by atoms with Crippen molar-refractivity contribution in [2.24, 2.45) is 4.99 Å². The molecule has 1 aromatic carbocycles. The summed E-state index contributed by atoms with van der Waals surface area (Å²) in [5.74, 6) is -0.0406. The number of amidine groups is 1. The second-order valence-corrected chi connectivity index (χ2v) is 3.82. The minimum absolute atomic E-state index is 0.0406. The van der Waals surface area contributed by atoms with Crippen molar-refractivity contribution in [1.29, 1.82) is 0 Å². The minimum Gasteiger partial charge on any atom is -0.311 e. The van der Waals surface area contributed by atoms with Gasteiger partial charge in [-0.1, -0.05) is 18.2 Å². The number of hydrogen-bond acceptors (Lipinski definition) is 4. The van der Waals surface area contributed by atoms with Crippen molar-refractivity contribution in [3.05, 3.63) is 62.4 Å². The van der Waals surface area contributed by atoms with Crippen molar-refractivity contribution in [2.45, 2.75) is 6.92 Å². The van der Waals surface area contributed by atoms with Crippen LogP contribution < -0.4 is 16.7 Å². The first-order valence-corrected chi connectivity index (χ1v) is 5.49. The Morgan fingerprint density at radius 1 is 1.21 bits per heavy atom. The van der Waals surface area contributed by atoms with Gasteiger partial charge in [-0.05, 0) is 19.1 Å². The average molecular weight is 260 g/mol. The van der Waals surface area contributed by atoms with Crippen molar-refractivity contribution in [3.63, 3.8) is 0 Å². The number of hydroxylamine groups is 1. The Balaban J connectivity index is 2.58. The maximum atomic E-state index is 11.7. The maximum Gasteiger partial charge on any atom is 0.325 e. The Morgan fingerprint density at radius 3 is 2.47 bits per heavy atom. The molecule has 0 amide bonds. The maximum absolute atomic E-state index is 11.7. The first-order valence-electron chi connectivity index (χ1n) is 5.49. The normalized spacial score (nSPS) is 11.4. The Morgan fingerprint density at radius 2 is 1.89 bits per heavy atom. The molecule has 2 aromatic rings. The van der Waals surface area contributed by atoms with E-state index in [9.17, 15) is 9.59 Å². The van der Waals surface area contributed by atoms with Crippen molar-refractivity contribution >= 4 is 11.5 Å². The number of nitrogens with zero attached hydrogens (tertiary/aromatic N) is 1. The molecule has 0 saturated carbocycles. The lowest BCUT2D eigenvalue weighted by Crippen LogP contribution is -2.34. The SMILES string of the molecule is Cc1[nH]c(=O)[nH]c(=O)c1C(=Nc1ccccc1)NO. The summed E-state index contributed by atoms with van der Waals surface area (Å²) < 4.78 is 0. The molecule has 1 aromatic heterocycles. The van der Waals surface area contributed by atoms with E-state index in [4.69, 9.17) is 5.21 Å². The van der Waals surface area contributed by atoms with Crippen LogP contribution in [0.15, 0.2) is 44.9 Å². The van der Waals surface area contributed by atoms with Gasteiger partial charge in [0, 0.05) is 5.69 Å². The molecule has 19 heavy (non-hydrogen) atoms. The lowest BCUT2D eigenvalue weighted by atomic mass is 10.2. The predicted molar refractivity (Wildman–Crippen MR) is 70.0 cm³/mol. The van der Waals surface area contributed by atoms with E-state index in [0.717, 1.165) is 0 Å². The van der Waals surface area contributed by atoms with Crippen molar-refractivity contribution in [3.8, 4) is 0 Å². The van der Waals surface area contributed by atoms with Gasteiger partial charge in [-0.2, -0.15) is 0 Å². The number of para-hydroxylation sites is 1. The summed E-state index contributed by atoms with van der Waals surface area (Å²) >= 11 is 0. The third kappa shape index (κ3) is 2.78. The van der Waals surface area contributed by atoms with Gasteiger partial charge in [-0.15, -0.1) is 0 Å². The number of hydrogen-bond donors (Lipinski definition) is 4. The smallest absolute Gasteiger partial charge is 0.311 e. The number of benzene rings is 1. The van der Waals surface area contributed by atoms with Crippen LogP contribution in [-0.2, 0) is 0 Å². The van der Waals surface area contributed by atoms with Crippen LogP contribution in [0.3, 0.4) is 0 Å². The van der Waals surface area contributed by atoms with Crippen molar-refractivity contribution < 1.29 is 5.21 Å². The Hall–Kier alpha value is -2.67. The van der Waals surface area contributed by atoms with Gasteiger partial charge in [0.15, 0.2) is 5.84 Å². The molecule has 0 bridgehead atoms. The second kappa shape index (κ2) is 5.32. The summed E-state index contributed by atoms with van der Waals surface area (Å²) in [5.41, 5.74) is 1.58. The molecule has 1 heterocycles. The molecule has 0 aliphatic carbocycles. The topological polar surface area (TPSA) is 110 Å². The van der Waals surface area contributed by atoms with Crippen LogP contribution >= 0.6 is 0 Å². The summed E-state index contributed by atoms with van der Waals surface area (Å²) in [6, 6.07) is 8.80. The number of aryl methyl sites for hydroxylation is 1. The first-order chi connectivity index (χ1) is 9.11. The summed E-state index contributed by atoms with van der Waals surface area (Å²) in [6.07, 6.45) is 0. The highest BCUT2D eigenvalue weighted by Gasteiger charge is 2.12. The quantitative estimate of drug-likeness (QED) is 0.356. The number of H-pyrrole nitrogens is 2. The first kappa shape index (κ1) is 12.8. The molecule has 0 aliphatic rings. The van der Waals surface area contributed by atoms with E-state index in [1.165, 1.54) is 0 Å². The van der Waals surface area contributed by atoms with E-state index < -0.39 is 11.2 Å². The molecule has 2 rings (SSSR count). The Labute approximate surface area is 107 Å². The van der Waals surface area contributed by atoms with Gasteiger partial charge in [0.05, 0.1) is 5.69 Å². The highest BCUT2D eigenvalue weighted by atomic mass is 16.5. The molecule has 7 heteroatoms. The lowest BCUT2D eigenvalue weighted by Gasteiger charge is -2.06. The van der Waals surface area contributed by atoms with E-state index in [1.807, 2.05) is 11.5 Å².